The summed E-state index contributed by atoms with van der Waals surface area (Å²) in [6.07, 6.45) is 3.11. The molecule has 3 nitrogen and oxygen atoms in total. The average Bonchev–Trinajstić information content (AvgIpc) is 2.34. The first kappa shape index (κ1) is 13.8. The molecule has 0 fully saturated rings. The van der Waals surface area contributed by atoms with E-state index in [4.69, 9.17) is 15.2 Å². The number of benzene rings is 1. The molecule has 0 bridgehead atoms. The Balaban J connectivity index is 3.04. The molecule has 17 heavy (non-hydrogen) atoms. The molecule has 0 aliphatic heterocycles. The predicted molar refractivity (Wildman–Crippen MR) is 71.0 cm³/mol. The molecule has 0 atom stereocenters. The SMILES string of the molecule is COc1cc(CCCCN)c(OC)c(C)c1C. The predicted octanol–water partition coefficient (Wildman–Crippen LogP) is 2.60. The normalized spacial score (nSPS) is 10.4. The van der Waals surface area contributed by atoms with Gasteiger partial charge < -0.3 is 15.2 Å². The monoisotopic (exact) mass is 237 g/mol. The van der Waals surface area contributed by atoms with Gasteiger partial charge in [0.05, 0.1) is 14.2 Å². The van der Waals surface area contributed by atoms with E-state index in [1.54, 1.807) is 14.2 Å². The van der Waals surface area contributed by atoms with Gasteiger partial charge in [0.15, 0.2) is 0 Å². The molecule has 0 aliphatic carbocycles. The second-order valence-electron chi connectivity index (χ2n) is 4.27. The second-order valence-corrected chi connectivity index (χ2v) is 4.27. The van der Waals surface area contributed by atoms with Crippen LogP contribution in [0.4, 0.5) is 0 Å². The summed E-state index contributed by atoms with van der Waals surface area (Å²) in [5.74, 6) is 1.92. The van der Waals surface area contributed by atoms with Gasteiger partial charge in [-0.05, 0) is 62.4 Å². The van der Waals surface area contributed by atoms with E-state index in [0.717, 1.165) is 48.4 Å². The van der Waals surface area contributed by atoms with Crippen LogP contribution in [0.3, 0.4) is 0 Å². The summed E-state index contributed by atoms with van der Waals surface area (Å²) < 4.78 is 10.9. The van der Waals surface area contributed by atoms with Crippen LogP contribution in [0.5, 0.6) is 11.5 Å². The topological polar surface area (TPSA) is 44.5 Å². The van der Waals surface area contributed by atoms with Gasteiger partial charge in [0.2, 0.25) is 0 Å². The van der Waals surface area contributed by atoms with E-state index in [1.165, 1.54) is 5.56 Å². The minimum atomic E-state index is 0.740. The molecule has 0 unspecified atom stereocenters. The molecule has 0 saturated heterocycles. The van der Waals surface area contributed by atoms with Gasteiger partial charge in [0, 0.05) is 0 Å². The Morgan fingerprint density at radius 3 is 2.29 bits per heavy atom. The molecule has 1 rings (SSSR count). The Kier molecular flexibility index (Phi) is 5.29. The molecule has 0 radical (unpaired) electrons. The van der Waals surface area contributed by atoms with Crippen molar-refractivity contribution in [3.05, 3.63) is 22.8 Å². The lowest BCUT2D eigenvalue weighted by Crippen LogP contribution is -2.02. The van der Waals surface area contributed by atoms with E-state index >= 15 is 0 Å². The van der Waals surface area contributed by atoms with Crippen molar-refractivity contribution in [3.63, 3.8) is 0 Å². The molecular weight excluding hydrogens is 214 g/mol. The van der Waals surface area contributed by atoms with Crippen molar-refractivity contribution in [1.29, 1.82) is 0 Å². The number of hydrogen-bond acceptors (Lipinski definition) is 3. The van der Waals surface area contributed by atoms with Crippen LogP contribution in [0.25, 0.3) is 0 Å². The molecule has 0 spiro atoms. The number of aryl methyl sites for hydroxylation is 1. The third kappa shape index (κ3) is 3.13. The molecule has 2 N–H and O–H groups in total. The number of unbranched alkanes of at least 4 members (excludes halogenated alkanes) is 1. The standard InChI is InChI=1S/C14H23NO2/c1-10-11(2)14(17-4)12(7-5-6-8-15)9-13(10)16-3/h9H,5-8,15H2,1-4H3. The van der Waals surface area contributed by atoms with Crippen molar-refractivity contribution in [1.82, 2.24) is 0 Å². The number of rotatable bonds is 6. The molecule has 1 aromatic rings. The van der Waals surface area contributed by atoms with Crippen LogP contribution in [-0.4, -0.2) is 20.8 Å². The van der Waals surface area contributed by atoms with E-state index < -0.39 is 0 Å². The highest BCUT2D eigenvalue weighted by Gasteiger charge is 2.13. The quantitative estimate of drug-likeness (QED) is 0.773. The highest BCUT2D eigenvalue weighted by molar-refractivity contribution is 5.52. The summed E-state index contributed by atoms with van der Waals surface area (Å²) in [5, 5.41) is 0. The molecule has 0 amide bonds. The molecular formula is C14H23NO2. The van der Waals surface area contributed by atoms with Crippen molar-refractivity contribution in [2.45, 2.75) is 33.1 Å². The van der Waals surface area contributed by atoms with Gasteiger partial charge in [0.25, 0.3) is 0 Å². The van der Waals surface area contributed by atoms with E-state index in [-0.39, 0.29) is 0 Å². The fourth-order valence-corrected chi connectivity index (χ4v) is 2.07. The fraction of sp³-hybridized carbons (Fsp3) is 0.571. The van der Waals surface area contributed by atoms with Crippen LogP contribution in [0, 0.1) is 13.8 Å². The van der Waals surface area contributed by atoms with E-state index in [9.17, 15) is 0 Å². The molecule has 1 aromatic carbocycles. The van der Waals surface area contributed by atoms with Gasteiger partial charge in [-0.3, -0.25) is 0 Å². The van der Waals surface area contributed by atoms with Gasteiger partial charge in [0.1, 0.15) is 11.5 Å². The van der Waals surface area contributed by atoms with Gasteiger partial charge in [-0.25, -0.2) is 0 Å². The minimum absolute atomic E-state index is 0.740. The largest absolute Gasteiger partial charge is 0.496 e. The van der Waals surface area contributed by atoms with Crippen molar-refractivity contribution in [2.75, 3.05) is 20.8 Å². The molecule has 0 saturated carbocycles. The Hall–Kier alpha value is -1.22. The van der Waals surface area contributed by atoms with Crippen molar-refractivity contribution < 1.29 is 9.47 Å². The summed E-state index contributed by atoms with van der Waals surface area (Å²) in [6, 6.07) is 2.08. The lowest BCUT2D eigenvalue weighted by atomic mass is 9.99. The maximum atomic E-state index is 5.52. The molecule has 0 aliphatic rings. The number of methoxy groups -OCH3 is 2. The summed E-state index contributed by atoms with van der Waals surface area (Å²) in [5.41, 5.74) is 9.03. The molecule has 3 heteroatoms. The number of ether oxygens (including phenoxy) is 2. The third-order valence-corrected chi connectivity index (χ3v) is 3.19. The average molecular weight is 237 g/mol. The summed E-state index contributed by atoms with van der Waals surface area (Å²) in [4.78, 5) is 0. The zero-order valence-electron chi connectivity index (χ0n) is 11.3. The first-order valence-electron chi connectivity index (χ1n) is 6.06. The van der Waals surface area contributed by atoms with Gasteiger partial charge in [-0.15, -0.1) is 0 Å². The minimum Gasteiger partial charge on any atom is -0.496 e. The van der Waals surface area contributed by atoms with Crippen molar-refractivity contribution in [2.24, 2.45) is 5.73 Å². The fourth-order valence-electron chi connectivity index (χ4n) is 2.07. The maximum absolute atomic E-state index is 5.52. The van der Waals surface area contributed by atoms with Crippen LogP contribution < -0.4 is 15.2 Å². The molecule has 96 valence electrons. The first-order valence-corrected chi connectivity index (χ1v) is 6.06. The second kappa shape index (κ2) is 6.50. The van der Waals surface area contributed by atoms with E-state index in [2.05, 4.69) is 19.9 Å². The van der Waals surface area contributed by atoms with Crippen LogP contribution >= 0.6 is 0 Å². The lowest BCUT2D eigenvalue weighted by Gasteiger charge is -2.16. The van der Waals surface area contributed by atoms with Gasteiger partial charge >= 0.3 is 0 Å². The first-order chi connectivity index (χ1) is 8.15. The summed E-state index contributed by atoms with van der Waals surface area (Å²) in [7, 11) is 3.43. The van der Waals surface area contributed by atoms with Crippen molar-refractivity contribution >= 4 is 0 Å². The number of hydrogen-bond donors (Lipinski definition) is 1. The van der Waals surface area contributed by atoms with Crippen LogP contribution in [-0.2, 0) is 6.42 Å². The molecule has 0 heterocycles. The highest BCUT2D eigenvalue weighted by Crippen LogP contribution is 2.34. The zero-order valence-corrected chi connectivity index (χ0v) is 11.3. The lowest BCUT2D eigenvalue weighted by molar-refractivity contribution is 0.393. The van der Waals surface area contributed by atoms with Crippen LogP contribution in [0.2, 0.25) is 0 Å². The van der Waals surface area contributed by atoms with Gasteiger partial charge in [-0.1, -0.05) is 0 Å². The molecule has 0 aromatic heterocycles. The van der Waals surface area contributed by atoms with Crippen LogP contribution in [0.1, 0.15) is 29.5 Å². The van der Waals surface area contributed by atoms with Crippen LogP contribution in [0.15, 0.2) is 6.07 Å². The Bertz CT molecular complexity index is 375. The van der Waals surface area contributed by atoms with E-state index in [1.807, 2.05) is 0 Å². The Morgan fingerprint density at radius 1 is 1.06 bits per heavy atom. The smallest absolute Gasteiger partial charge is 0.125 e. The Morgan fingerprint density at radius 2 is 1.76 bits per heavy atom. The van der Waals surface area contributed by atoms with Crippen molar-refractivity contribution in [3.8, 4) is 11.5 Å². The summed E-state index contributed by atoms with van der Waals surface area (Å²) in [6.45, 7) is 4.87. The zero-order chi connectivity index (χ0) is 12.8. The third-order valence-electron chi connectivity index (χ3n) is 3.19. The number of nitrogens with two attached hydrogens (primary N) is 1. The highest BCUT2D eigenvalue weighted by atomic mass is 16.5. The Labute approximate surface area is 104 Å². The van der Waals surface area contributed by atoms with Gasteiger partial charge in [-0.2, -0.15) is 0 Å². The summed E-state index contributed by atoms with van der Waals surface area (Å²) >= 11 is 0. The maximum Gasteiger partial charge on any atom is 0.125 e. The van der Waals surface area contributed by atoms with E-state index in [0.29, 0.717) is 0 Å².